The number of nitrogens with one attached hydrogen (secondary N) is 1. The summed E-state index contributed by atoms with van der Waals surface area (Å²) in [5, 5.41) is 3.59. The first-order valence-corrected chi connectivity index (χ1v) is 7.23. The lowest BCUT2D eigenvalue weighted by molar-refractivity contribution is 0.685. The van der Waals surface area contributed by atoms with E-state index in [4.69, 9.17) is 0 Å². The zero-order chi connectivity index (χ0) is 12.3. The van der Waals surface area contributed by atoms with Gasteiger partial charge in [0.25, 0.3) is 0 Å². The fraction of sp³-hybridized carbons (Fsp3) is 0.571. The van der Waals surface area contributed by atoms with E-state index in [2.05, 4.69) is 58.3 Å². The van der Waals surface area contributed by atoms with Crippen LogP contribution in [0.1, 0.15) is 31.7 Å². The second-order valence-corrected chi connectivity index (χ2v) is 5.77. The van der Waals surface area contributed by atoms with Gasteiger partial charge in [-0.25, -0.2) is 0 Å². The first-order chi connectivity index (χ1) is 8.20. The standard InChI is InChI=1S/C14H21BrN2/c1-3-8-17(2)14-7-4-12(15)9-11(14)10-16-13-5-6-13/h4,7,9,13,16H,3,5-6,8,10H2,1-2H3. The summed E-state index contributed by atoms with van der Waals surface area (Å²) in [7, 11) is 2.17. The average molecular weight is 297 g/mol. The van der Waals surface area contributed by atoms with Crippen LogP contribution < -0.4 is 10.2 Å². The molecule has 0 aromatic heterocycles. The summed E-state index contributed by atoms with van der Waals surface area (Å²) in [6, 6.07) is 7.33. The van der Waals surface area contributed by atoms with Crippen LogP contribution in [0.15, 0.2) is 22.7 Å². The molecule has 0 atom stereocenters. The molecule has 0 spiro atoms. The molecule has 0 radical (unpaired) electrons. The minimum absolute atomic E-state index is 0.762. The largest absolute Gasteiger partial charge is 0.374 e. The lowest BCUT2D eigenvalue weighted by atomic mass is 10.1. The van der Waals surface area contributed by atoms with E-state index in [0.717, 1.165) is 19.1 Å². The van der Waals surface area contributed by atoms with Crippen LogP contribution in [0.2, 0.25) is 0 Å². The van der Waals surface area contributed by atoms with Crippen molar-refractivity contribution in [2.45, 2.75) is 38.8 Å². The molecule has 17 heavy (non-hydrogen) atoms. The van der Waals surface area contributed by atoms with Crippen LogP contribution in [0.25, 0.3) is 0 Å². The first-order valence-electron chi connectivity index (χ1n) is 6.43. The third-order valence-electron chi connectivity index (χ3n) is 3.17. The van der Waals surface area contributed by atoms with Crippen LogP contribution in [-0.4, -0.2) is 19.6 Å². The average Bonchev–Trinajstić information content (AvgIpc) is 3.10. The molecular weight excluding hydrogens is 276 g/mol. The molecule has 0 bridgehead atoms. The second kappa shape index (κ2) is 5.87. The summed E-state index contributed by atoms with van der Waals surface area (Å²) in [6.07, 6.45) is 3.87. The maximum absolute atomic E-state index is 3.59. The molecule has 0 heterocycles. The molecule has 2 nitrogen and oxygen atoms in total. The highest BCUT2D eigenvalue weighted by atomic mass is 79.9. The molecule has 1 fully saturated rings. The third kappa shape index (κ3) is 3.71. The van der Waals surface area contributed by atoms with Gasteiger partial charge in [0, 0.05) is 36.3 Å². The number of benzene rings is 1. The second-order valence-electron chi connectivity index (χ2n) is 4.85. The van der Waals surface area contributed by atoms with E-state index in [9.17, 15) is 0 Å². The van der Waals surface area contributed by atoms with Gasteiger partial charge < -0.3 is 10.2 Å². The molecule has 1 aromatic rings. The van der Waals surface area contributed by atoms with Crippen molar-refractivity contribution >= 4 is 21.6 Å². The van der Waals surface area contributed by atoms with Crippen LogP contribution in [0, 0.1) is 0 Å². The Labute approximate surface area is 113 Å². The highest BCUT2D eigenvalue weighted by Gasteiger charge is 2.20. The number of anilines is 1. The highest BCUT2D eigenvalue weighted by molar-refractivity contribution is 9.10. The molecule has 0 aliphatic heterocycles. The van der Waals surface area contributed by atoms with Crippen molar-refractivity contribution in [3.05, 3.63) is 28.2 Å². The fourth-order valence-electron chi connectivity index (χ4n) is 2.07. The van der Waals surface area contributed by atoms with Crippen LogP contribution >= 0.6 is 15.9 Å². The summed E-state index contributed by atoms with van der Waals surface area (Å²) in [5.41, 5.74) is 2.74. The molecule has 0 saturated heterocycles. The lowest BCUT2D eigenvalue weighted by Gasteiger charge is -2.22. The van der Waals surface area contributed by atoms with Gasteiger partial charge in [0.15, 0.2) is 0 Å². The lowest BCUT2D eigenvalue weighted by Crippen LogP contribution is -2.22. The van der Waals surface area contributed by atoms with E-state index < -0.39 is 0 Å². The molecule has 1 saturated carbocycles. The molecule has 2 rings (SSSR count). The van der Waals surface area contributed by atoms with E-state index in [1.165, 1.54) is 35.0 Å². The van der Waals surface area contributed by atoms with Crippen molar-refractivity contribution in [3.63, 3.8) is 0 Å². The van der Waals surface area contributed by atoms with E-state index in [1.54, 1.807) is 0 Å². The Hall–Kier alpha value is -0.540. The number of nitrogens with zero attached hydrogens (tertiary/aromatic N) is 1. The Morgan fingerprint density at radius 1 is 1.41 bits per heavy atom. The maximum Gasteiger partial charge on any atom is 0.0410 e. The molecular formula is C14H21BrN2. The van der Waals surface area contributed by atoms with Crippen molar-refractivity contribution in [2.75, 3.05) is 18.5 Å². The van der Waals surface area contributed by atoms with E-state index >= 15 is 0 Å². The van der Waals surface area contributed by atoms with Gasteiger partial charge in [-0.15, -0.1) is 0 Å². The van der Waals surface area contributed by atoms with Gasteiger partial charge >= 0.3 is 0 Å². The van der Waals surface area contributed by atoms with Crippen LogP contribution in [0.5, 0.6) is 0 Å². The van der Waals surface area contributed by atoms with E-state index in [0.29, 0.717) is 0 Å². The van der Waals surface area contributed by atoms with Crippen molar-refractivity contribution in [2.24, 2.45) is 0 Å². The smallest absolute Gasteiger partial charge is 0.0410 e. The Morgan fingerprint density at radius 3 is 2.82 bits per heavy atom. The van der Waals surface area contributed by atoms with Gasteiger partial charge in [-0.1, -0.05) is 22.9 Å². The summed E-state index contributed by atoms with van der Waals surface area (Å²) >= 11 is 3.56. The Balaban J connectivity index is 2.10. The van der Waals surface area contributed by atoms with Crippen LogP contribution in [-0.2, 0) is 6.54 Å². The molecule has 1 aromatic carbocycles. The van der Waals surface area contributed by atoms with Crippen molar-refractivity contribution < 1.29 is 0 Å². The molecule has 0 unspecified atom stereocenters. The number of rotatable bonds is 6. The number of hydrogen-bond acceptors (Lipinski definition) is 2. The normalized spacial score (nSPS) is 15.0. The Bertz CT molecular complexity index is 374. The summed E-state index contributed by atoms with van der Waals surface area (Å²) in [6.45, 7) is 4.31. The predicted molar refractivity (Wildman–Crippen MR) is 77.6 cm³/mol. The van der Waals surface area contributed by atoms with Crippen molar-refractivity contribution in [3.8, 4) is 0 Å². The predicted octanol–water partition coefficient (Wildman–Crippen LogP) is 3.55. The van der Waals surface area contributed by atoms with Gasteiger partial charge in [0.2, 0.25) is 0 Å². The van der Waals surface area contributed by atoms with Gasteiger partial charge in [-0.2, -0.15) is 0 Å². The maximum atomic E-state index is 3.59. The topological polar surface area (TPSA) is 15.3 Å². The minimum Gasteiger partial charge on any atom is -0.374 e. The van der Waals surface area contributed by atoms with Crippen molar-refractivity contribution in [1.29, 1.82) is 0 Å². The summed E-state index contributed by atoms with van der Waals surface area (Å²) < 4.78 is 1.17. The minimum atomic E-state index is 0.762. The van der Waals surface area contributed by atoms with Crippen LogP contribution in [0.3, 0.4) is 0 Å². The van der Waals surface area contributed by atoms with Crippen LogP contribution in [0.4, 0.5) is 5.69 Å². The highest BCUT2D eigenvalue weighted by Crippen LogP contribution is 2.26. The van der Waals surface area contributed by atoms with Gasteiger partial charge in [0.05, 0.1) is 0 Å². The Kier molecular flexibility index (Phi) is 4.46. The number of hydrogen-bond donors (Lipinski definition) is 1. The zero-order valence-corrected chi connectivity index (χ0v) is 12.3. The molecule has 1 N–H and O–H groups in total. The SMILES string of the molecule is CCCN(C)c1ccc(Br)cc1CNC1CC1. The number of halogens is 1. The summed E-state index contributed by atoms with van der Waals surface area (Å²) in [5.74, 6) is 0. The van der Waals surface area contributed by atoms with Gasteiger partial charge in [-0.05, 0) is 43.0 Å². The molecule has 1 aliphatic rings. The monoisotopic (exact) mass is 296 g/mol. The van der Waals surface area contributed by atoms with Crippen molar-refractivity contribution in [1.82, 2.24) is 5.32 Å². The Morgan fingerprint density at radius 2 is 2.18 bits per heavy atom. The van der Waals surface area contributed by atoms with Gasteiger partial charge in [0.1, 0.15) is 0 Å². The molecule has 94 valence electrons. The third-order valence-corrected chi connectivity index (χ3v) is 3.66. The van der Waals surface area contributed by atoms with Gasteiger partial charge in [-0.3, -0.25) is 0 Å². The first kappa shape index (κ1) is 12.9. The molecule has 1 aliphatic carbocycles. The molecule has 0 amide bonds. The van der Waals surface area contributed by atoms with E-state index in [-0.39, 0.29) is 0 Å². The van der Waals surface area contributed by atoms with E-state index in [1.807, 2.05) is 0 Å². The summed E-state index contributed by atoms with van der Waals surface area (Å²) in [4.78, 5) is 2.34. The fourth-order valence-corrected chi connectivity index (χ4v) is 2.47. The zero-order valence-electron chi connectivity index (χ0n) is 10.7. The molecule has 3 heteroatoms. The quantitative estimate of drug-likeness (QED) is 0.864.